The maximum atomic E-state index is 13.3. The Morgan fingerprint density at radius 1 is 1.21 bits per heavy atom. The summed E-state index contributed by atoms with van der Waals surface area (Å²) in [6, 6.07) is 7.25. The topological polar surface area (TPSA) is 89.9 Å². The average Bonchev–Trinajstić information content (AvgIpc) is 3.38. The minimum absolute atomic E-state index is 0.0702. The largest absolute Gasteiger partial charge is 0.469 e. The van der Waals surface area contributed by atoms with Gasteiger partial charge in [-0.3, -0.25) is 9.79 Å². The Bertz CT molecular complexity index is 1080. The number of nitrogens with zero attached hydrogens (tertiary/aromatic N) is 2. The van der Waals surface area contributed by atoms with Crippen molar-refractivity contribution in [3.05, 3.63) is 62.2 Å². The van der Waals surface area contributed by atoms with Crippen molar-refractivity contribution in [2.45, 2.75) is 38.6 Å². The number of methoxy groups -OCH3 is 1. The van der Waals surface area contributed by atoms with Crippen LogP contribution in [0.25, 0.3) is 0 Å². The van der Waals surface area contributed by atoms with Crippen LogP contribution >= 0.6 is 27.3 Å². The van der Waals surface area contributed by atoms with Crippen LogP contribution in [0.15, 0.2) is 56.6 Å². The zero-order valence-electron chi connectivity index (χ0n) is 18.5. The van der Waals surface area contributed by atoms with Crippen LogP contribution in [0.2, 0.25) is 0 Å². The van der Waals surface area contributed by atoms with Crippen molar-refractivity contribution in [2.75, 3.05) is 13.7 Å². The molecule has 1 N–H and O–H groups in total. The highest BCUT2D eigenvalue weighted by Gasteiger charge is 2.38. The quantitative estimate of drug-likeness (QED) is 0.538. The normalized spacial score (nSPS) is 22.9. The fraction of sp³-hybridized carbons (Fsp3) is 0.417. The molecule has 1 saturated carbocycles. The van der Waals surface area contributed by atoms with Crippen molar-refractivity contribution >= 4 is 45.0 Å². The maximum absolute atomic E-state index is 13.3. The van der Waals surface area contributed by atoms with Gasteiger partial charge in [0, 0.05) is 21.7 Å². The van der Waals surface area contributed by atoms with Gasteiger partial charge in [-0.25, -0.2) is 9.78 Å². The molecule has 0 radical (unpaired) electrons. The number of thiazole rings is 1. The summed E-state index contributed by atoms with van der Waals surface area (Å²) in [4.78, 5) is 34.7. The molecule has 0 bridgehead atoms. The molecule has 9 heteroatoms. The monoisotopic (exact) mass is 531 g/mol. The van der Waals surface area contributed by atoms with E-state index < -0.39 is 6.04 Å². The number of rotatable bonds is 6. The lowest BCUT2D eigenvalue weighted by Crippen LogP contribution is -2.38. The summed E-state index contributed by atoms with van der Waals surface area (Å²) in [6.45, 7) is 2.07. The molecule has 2 aromatic rings. The van der Waals surface area contributed by atoms with Gasteiger partial charge in [0.15, 0.2) is 10.8 Å². The van der Waals surface area contributed by atoms with Crippen molar-refractivity contribution in [1.29, 1.82) is 0 Å². The van der Waals surface area contributed by atoms with Crippen LogP contribution in [-0.4, -0.2) is 36.5 Å². The van der Waals surface area contributed by atoms with Gasteiger partial charge in [0.1, 0.15) is 6.04 Å². The van der Waals surface area contributed by atoms with Gasteiger partial charge in [0.2, 0.25) is 0 Å². The zero-order chi connectivity index (χ0) is 23.4. The fourth-order valence-electron chi connectivity index (χ4n) is 4.48. The van der Waals surface area contributed by atoms with Gasteiger partial charge in [-0.15, -0.1) is 11.3 Å². The number of nitrogens with one attached hydrogen (secondary N) is 1. The second kappa shape index (κ2) is 10.6. The fourth-order valence-corrected chi connectivity index (χ4v) is 5.57. The summed E-state index contributed by atoms with van der Waals surface area (Å²) in [7, 11) is 1.43. The molecular formula is C24H26BrN3O4S. The Balaban J connectivity index is 1.78. The molecular weight excluding hydrogens is 506 g/mol. The van der Waals surface area contributed by atoms with Crippen LogP contribution in [0.4, 0.5) is 0 Å². The highest BCUT2D eigenvalue weighted by atomic mass is 79.9. The van der Waals surface area contributed by atoms with Gasteiger partial charge < -0.3 is 14.8 Å². The lowest BCUT2D eigenvalue weighted by Gasteiger charge is -2.34. The van der Waals surface area contributed by atoms with E-state index in [0.29, 0.717) is 24.3 Å². The number of hydrogen-bond donors (Lipinski definition) is 1. The summed E-state index contributed by atoms with van der Waals surface area (Å²) in [6.07, 6.45) is 4.69. The second-order valence-corrected chi connectivity index (χ2v) is 9.73. The SMILES string of the molecule is CCOC(=O)C1=C(C2CCC(C(=O)OC)CC2)NC(c2nccs2)=NC1c1ccccc1Br. The molecule has 1 aliphatic heterocycles. The first-order valence-electron chi connectivity index (χ1n) is 11.0. The molecule has 1 atom stereocenters. The summed E-state index contributed by atoms with van der Waals surface area (Å²) in [5.74, 6) is 0.0656. The van der Waals surface area contributed by atoms with Crippen molar-refractivity contribution in [2.24, 2.45) is 16.8 Å². The van der Waals surface area contributed by atoms with Gasteiger partial charge in [-0.05, 0) is 50.2 Å². The highest BCUT2D eigenvalue weighted by molar-refractivity contribution is 9.10. The Kier molecular flexibility index (Phi) is 7.60. The predicted octanol–water partition coefficient (Wildman–Crippen LogP) is 4.79. The number of carbonyl (C=O) groups is 2. The summed E-state index contributed by atoms with van der Waals surface area (Å²) >= 11 is 5.13. The summed E-state index contributed by atoms with van der Waals surface area (Å²) < 4.78 is 11.3. The van der Waals surface area contributed by atoms with Crippen LogP contribution < -0.4 is 5.32 Å². The number of benzene rings is 1. The van der Waals surface area contributed by atoms with Crippen LogP contribution in [0.3, 0.4) is 0 Å². The third-order valence-corrected chi connectivity index (χ3v) is 7.58. The van der Waals surface area contributed by atoms with Crippen LogP contribution in [0.1, 0.15) is 49.2 Å². The summed E-state index contributed by atoms with van der Waals surface area (Å²) in [5, 5.41) is 6.10. The van der Waals surface area contributed by atoms with Crippen LogP contribution in [0.5, 0.6) is 0 Å². The number of hydrogen-bond acceptors (Lipinski definition) is 8. The average molecular weight is 532 g/mol. The maximum Gasteiger partial charge on any atom is 0.338 e. The van der Waals surface area contributed by atoms with E-state index in [1.165, 1.54) is 18.4 Å². The number of esters is 2. The number of ether oxygens (including phenoxy) is 2. The van der Waals surface area contributed by atoms with E-state index in [4.69, 9.17) is 14.5 Å². The van der Waals surface area contributed by atoms with Crippen LogP contribution in [-0.2, 0) is 19.1 Å². The second-order valence-electron chi connectivity index (χ2n) is 7.98. The van der Waals surface area contributed by atoms with Crippen molar-refractivity contribution in [3.8, 4) is 0 Å². The molecule has 1 fully saturated rings. The number of carbonyl (C=O) groups excluding carboxylic acids is 2. The molecule has 2 heterocycles. The number of allylic oxidation sites excluding steroid dienone is 1. The molecule has 1 aromatic carbocycles. The van der Waals surface area contributed by atoms with Gasteiger partial charge >= 0.3 is 11.9 Å². The molecule has 7 nitrogen and oxygen atoms in total. The van der Waals surface area contributed by atoms with Gasteiger partial charge in [-0.2, -0.15) is 0 Å². The minimum Gasteiger partial charge on any atom is -0.469 e. The van der Waals surface area contributed by atoms with Crippen molar-refractivity contribution in [3.63, 3.8) is 0 Å². The molecule has 0 saturated heterocycles. The van der Waals surface area contributed by atoms with E-state index in [9.17, 15) is 9.59 Å². The highest BCUT2D eigenvalue weighted by Crippen LogP contribution is 2.42. The first-order valence-corrected chi connectivity index (χ1v) is 12.7. The molecule has 1 unspecified atom stereocenters. The first kappa shape index (κ1) is 23.6. The number of amidine groups is 1. The molecule has 0 amide bonds. The lowest BCUT2D eigenvalue weighted by molar-refractivity contribution is -0.146. The third kappa shape index (κ3) is 5.04. The smallest absolute Gasteiger partial charge is 0.338 e. The Labute approximate surface area is 205 Å². The van der Waals surface area contributed by atoms with Gasteiger partial charge in [0.05, 0.1) is 25.2 Å². The third-order valence-electron chi connectivity index (χ3n) is 6.07. The summed E-state index contributed by atoms with van der Waals surface area (Å²) in [5.41, 5.74) is 2.22. The Hall–Kier alpha value is -2.52. The van der Waals surface area contributed by atoms with E-state index in [1.807, 2.05) is 29.6 Å². The lowest BCUT2D eigenvalue weighted by atomic mass is 9.78. The van der Waals surface area contributed by atoms with Gasteiger partial charge in [0.25, 0.3) is 0 Å². The zero-order valence-corrected chi connectivity index (χ0v) is 20.9. The molecule has 33 heavy (non-hydrogen) atoms. The Morgan fingerprint density at radius 2 is 1.97 bits per heavy atom. The van der Waals surface area contributed by atoms with E-state index in [2.05, 4.69) is 26.2 Å². The Morgan fingerprint density at radius 3 is 2.61 bits per heavy atom. The van der Waals surface area contributed by atoms with Gasteiger partial charge in [-0.1, -0.05) is 34.1 Å². The van der Waals surface area contributed by atoms with E-state index >= 15 is 0 Å². The van der Waals surface area contributed by atoms with E-state index in [1.54, 1.807) is 13.1 Å². The minimum atomic E-state index is -0.534. The van der Waals surface area contributed by atoms with Crippen LogP contribution in [0, 0.1) is 11.8 Å². The molecule has 1 aliphatic carbocycles. The molecule has 1 aromatic heterocycles. The van der Waals surface area contributed by atoms with E-state index in [-0.39, 0.29) is 30.4 Å². The number of aliphatic imine (C=N–C) groups is 1. The number of aromatic nitrogens is 1. The molecule has 2 aliphatic rings. The molecule has 4 rings (SSSR count). The van der Waals surface area contributed by atoms with E-state index in [0.717, 1.165) is 33.6 Å². The first-order chi connectivity index (χ1) is 16.0. The van der Waals surface area contributed by atoms with Crippen molar-refractivity contribution in [1.82, 2.24) is 10.3 Å². The molecule has 174 valence electrons. The van der Waals surface area contributed by atoms with Crippen molar-refractivity contribution < 1.29 is 19.1 Å². The predicted molar refractivity (Wildman–Crippen MR) is 130 cm³/mol. The standard InChI is InChI=1S/C24H26BrN3O4S/c1-3-32-24(30)18-19(14-8-10-15(11-9-14)23(29)31-2)27-21(22-26-12-13-33-22)28-20(18)16-6-4-5-7-17(16)25/h4-7,12-15,20H,3,8-11H2,1-2H3,(H,27,28). The molecule has 0 spiro atoms. The number of halogens is 1.